The van der Waals surface area contributed by atoms with Gasteiger partial charge in [-0.15, -0.1) is 0 Å². The van der Waals surface area contributed by atoms with Crippen molar-refractivity contribution in [3.8, 4) is 0 Å². The van der Waals surface area contributed by atoms with Crippen LogP contribution < -0.4 is 0 Å². The molecule has 0 aliphatic carbocycles. The van der Waals surface area contributed by atoms with Gasteiger partial charge in [0.05, 0.1) is 18.6 Å². The van der Waals surface area contributed by atoms with Gasteiger partial charge in [-0.05, 0) is 19.3 Å². The summed E-state index contributed by atoms with van der Waals surface area (Å²) in [7, 11) is 0. The van der Waals surface area contributed by atoms with E-state index in [0.29, 0.717) is 0 Å². The van der Waals surface area contributed by atoms with Crippen LogP contribution in [0.1, 0.15) is 32.1 Å². The molecule has 2 aliphatic rings. The summed E-state index contributed by atoms with van der Waals surface area (Å²) in [4.78, 5) is 0. The Hall–Kier alpha value is -0.960. The van der Waals surface area contributed by atoms with Crippen LogP contribution in [0.3, 0.4) is 0 Å². The van der Waals surface area contributed by atoms with Crippen molar-refractivity contribution in [1.82, 2.24) is 0 Å². The molecular formula is C12H18O3. The zero-order chi connectivity index (χ0) is 10.7. The minimum absolute atomic E-state index is 0.139. The fraction of sp³-hybridized carbons (Fsp3) is 0.667. The first-order valence-electron chi connectivity index (χ1n) is 5.52. The summed E-state index contributed by atoms with van der Waals surface area (Å²) in [5.41, 5.74) is 0. The summed E-state index contributed by atoms with van der Waals surface area (Å²) in [5, 5.41) is 0. The maximum atomic E-state index is 5.95. The van der Waals surface area contributed by atoms with Crippen LogP contribution in [0.25, 0.3) is 0 Å². The van der Waals surface area contributed by atoms with E-state index in [1.807, 2.05) is 0 Å². The van der Waals surface area contributed by atoms with E-state index in [4.69, 9.17) is 14.2 Å². The van der Waals surface area contributed by atoms with Gasteiger partial charge in [0.25, 0.3) is 0 Å². The van der Waals surface area contributed by atoms with Crippen molar-refractivity contribution < 1.29 is 14.2 Å². The van der Waals surface area contributed by atoms with E-state index in [1.54, 1.807) is 0 Å². The van der Waals surface area contributed by atoms with Crippen molar-refractivity contribution in [2.45, 2.75) is 50.1 Å². The van der Waals surface area contributed by atoms with E-state index in [-0.39, 0.29) is 12.2 Å². The molecule has 0 aromatic heterocycles. The van der Waals surface area contributed by atoms with E-state index in [1.165, 1.54) is 12.5 Å². The number of rotatable bonds is 4. The van der Waals surface area contributed by atoms with Crippen LogP contribution in [0, 0.1) is 0 Å². The normalized spacial score (nSPS) is 39.2. The molecule has 2 aliphatic heterocycles. The van der Waals surface area contributed by atoms with Crippen LogP contribution in [-0.4, -0.2) is 18.0 Å². The highest BCUT2D eigenvalue weighted by molar-refractivity contribution is 4.91. The van der Waals surface area contributed by atoms with Crippen LogP contribution in [0.5, 0.6) is 0 Å². The molecule has 0 N–H and O–H groups in total. The summed E-state index contributed by atoms with van der Waals surface area (Å²) >= 11 is 0. The molecule has 0 radical (unpaired) electrons. The lowest BCUT2D eigenvalue weighted by Gasteiger charge is -2.26. The molecule has 15 heavy (non-hydrogen) atoms. The Morgan fingerprint density at radius 2 is 2.07 bits per heavy atom. The highest BCUT2D eigenvalue weighted by Crippen LogP contribution is 2.41. The van der Waals surface area contributed by atoms with Crippen LogP contribution in [-0.2, 0) is 14.2 Å². The summed E-state index contributed by atoms with van der Waals surface area (Å²) in [5.74, 6) is -0.425. The fourth-order valence-corrected chi connectivity index (χ4v) is 2.54. The highest BCUT2D eigenvalue weighted by Gasteiger charge is 2.46. The Labute approximate surface area is 90.7 Å². The molecule has 2 fully saturated rings. The van der Waals surface area contributed by atoms with Crippen LogP contribution in [0.2, 0.25) is 0 Å². The molecule has 3 heteroatoms. The molecule has 84 valence electrons. The Kier molecular flexibility index (Phi) is 3.00. The molecule has 3 unspecified atom stereocenters. The molecule has 0 aromatic rings. The van der Waals surface area contributed by atoms with Gasteiger partial charge in [-0.1, -0.05) is 13.2 Å². The summed E-state index contributed by atoms with van der Waals surface area (Å²) in [6, 6.07) is 0. The fourth-order valence-electron chi connectivity index (χ4n) is 2.54. The predicted octanol–water partition coefficient (Wildman–Crippen LogP) is 2.73. The molecule has 0 saturated carbocycles. The van der Waals surface area contributed by atoms with Gasteiger partial charge < -0.3 is 14.2 Å². The second-order valence-corrected chi connectivity index (χ2v) is 4.12. The van der Waals surface area contributed by atoms with Crippen molar-refractivity contribution in [1.29, 1.82) is 0 Å². The average Bonchev–Trinajstić information content (AvgIpc) is 2.53. The third kappa shape index (κ3) is 2.02. The molecule has 3 atom stereocenters. The maximum absolute atomic E-state index is 5.95. The van der Waals surface area contributed by atoms with Gasteiger partial charge in [-0.25, -0.2) is 0 Å². The second-order valence-electron chi connectivity index (χ2n) is 4.12. The second kappa shape index (κ2) is 4.27. The SMILES string of the molecule is C=COC1CCCC2(OC=C)CCC1O2. The molecule has 0 aromatic carbocycles. The standard InChI is InChI=1S/C12H18O3/c1-3-13-10-6-5-8-12(14-4-2)9-7-11(10)15-12/h3-4,10-11H,1-2,5-9H2. The summed E-state index contributed by atoms with van der Waals surface area (Å²) in [6.07, 6.45) is 8.19. The number of ether oxygens (including phenoxy) is 3. The van der Waals surface area contributed by atoms with E-state index < -0.39 is 5.79 Å². The minimum atomic E-state index is -0.425. The molecule has 2 heterocycles. The number of hydrogen-bond donors (Lipinski definition) is 0. The minimum Gasteiger partial charge on any atom is -0.496 e. The first-order chi connectivity index (χ1) is 7.29. The van der Waals surface area contributed by atoms with Crippen molar-refractivity contribution in [2.24, 2.45) is 0 Å². The number of hydrogen-bond acceptors (Lipinski definition) is 3. The number of fused-ring (bicyclic) bond motifs is 2. The van der Waals surface area contributed by atoms with Gasteiger partial charge in [-0.3, -0.25) is 0 Å². The molecule has 2 saturated heterocycles. The zero-order valence-corrected chi connectivity index (χ0v) is 8.98. The van der Waals surface area contributed by atoms with E-state index in [2.05, 4.69) is 13.2 Å². The van der Waals surface area contributed by atoms with Crippen LogP contribution in [0.15, 0.2) is 25.7 Å². The molecule has 2 bridgehead atoms. The van der Waals surface area contributed by atoms with Crippen molar-refractivity contribution in [3.05, 3.63) is 25.7 Å². The third-order valence-corrected chi connectivity index (χ3v) is 3.21. The highest BCUT2D eigenvalue weighted by atomic mass is 16.7. The Morgan fingerprint density at radius 1 is 1.20 bits per heavy atom. The van der Waals surface area contributed by atoms with Crippen LogP contribution in [0.4, 0.5) is 0 Å². The lowest BCUT2D eigenvalue weighted by molar-refractivity contribution is -0.204. The van der Waals surface area contributed by atoms with E-state index >= 15 is 0 Å². The lowest BCUT2D eigenvalue weighted by Crippen LogP contribution is -2.31. The average molecular weight is 210 g/mol. The summed E-state index contributed by atoms with van der Waals surface area (Å²) < 4.78 is 17.0. The van der Waals surface area contributed by atoms with E-state index in [0.717, 1.165) is 32.1 Å². The van der Waals surface area contributed by atoms with Crippen LogP contribution >= 0.6 is 0 Å². The summed E-state index contributed by atoms with van der Waals surface area (Å²) in [6.45, 7) is 7.20. The molecule has 2 rings (SSSR count). The molecule has 0 spiro atoms. The van der Waals surface area contributed by atoms with Gasteiger partial charge in [0.2, 0.25) is 5.79 Å². The van der Waals surface area contributed by atoms with Gasteiger partial charge in [0.1, 0.15) is 6.10 Å². The Bertz CT molecular complexity index is 251. The molecule has 3 nitrogen and oxygen atoms in total. The van der Waals surface area contributed by atoms with Gasteiger partial charge >= 0.3 is 0 Å². The Morgan fingerprint density at radius 3 is 2.80 bits per heavy atom. The third-order valence-electron chi connectivity index (χ3n) is 3.21. The Balaban J connectivity index is 2.05. The van der Waals surface area contributed by atoms with Gasteiger partial charge in [0, 0.05) is 12.8 Å². The quantitative estimate of drug-likeness (QED) is 0.668. The van der Waals surface area contributed by atoms with Gasteiger partial charge in [-0.2, -0.15) is 0 Å². The molecular weight excluding hydrogens is 192 g/mol. The first-order valence-corrected chi connectivity index (χ1v) is 5.52. The zero-order valence-electron chi connectivity index (χ0n) is 8.98. The predicted molar refractivity (Wildman–Crippen MR) is 57.0 cm³/mol. The van der Waals surface area contributed by atoms with Crippen molar-refractivity contribution in [3.63, 3.8) is 0 Å². The van der Waals surface area contributed by atoms with Crippen molar-refractivity contribution in [2.75, 3.05) is 0 Å². The first kappa shape index (κ1) is 10.6. The topological polar surface area (TPSA) is 27.7 Å². The van der Waals surface area contributed by atoms with E-state index in [9.17, 15) is 0 Å². The smallest absolute Gasteiger partial charge is 0.210 e. The van der Waals surface area contributed by atoms with Gasteiger partial charge in [0.15, 0.2) is 0 Å². The lowest BCUT2D eigenvalue weighted by atomic mass is 9.96. The largest absolute Gasteiger partial charge is 0.496 e. The van der Waals surface area contributed by atoms with Crippen molar-refractivity contribution >= 4 is 0 Å². The molecule has 0 amide bonds. The maximum Gasteiger partial charge on any atom is 0.210 e. The monoisotopic (exact) mass is 210 g/mol.